The van der Waals surface area contributed by atoms with Crippen LogP contribution < -0.4 is 5.32 Å². The molecule has 4 aromatic rings. The summed E-state index contributed by atoms with van der Waals surface area (Å²) in [4.78, 5) is 31.7. The summed E-state index contributed by atoms with van der Waals surface area (Å²) in [6.45, 7) is 4.93. The smallest absolute Gasteiger partial charge is 0.410 e. The first-order valence-corrected chi connectivity index (χ1v) is 13.9. The molecule has 0 spiro atoms. The predicted molar refractivity (Wildman–Crippen MR) is 155 cm³/mol. The van der Waals surface area contributed by atoms with Crippen molar-refractivity contribution in [3.05, 3.63) is 89.7 Å². The van der Waals surface area contributed by atoms with Gasteiger partial charge in [0.1, 0.15) is 18.5 Å². The maximum absolute atomic E-state index is 13.6. The molecule has 208 valence electrons. The number of fused-ring (bicyclic) bond motifs is 4. The zero-order valence-corrected chi connectivity index (χ0v) is 23.2. The molecule has 0 bridgehead atoms. The van der Waals surface area contributed by atoms with Gasteiger partial charge in [0.15, 0.2) is 0 Å². The number of carboxylic acids is 1. The van der Waals surface area contributed by atoms with Gasteiger partial charge in [-0.15, -0.1) is 0 Å². The highest BCUT2D eigenvalue weighted by Crippen LogP contribution is 2.44. The molecule has 8 nitrogen and oxygen atoms in total. The summed E-state index contributed by atoms with van der Waals surface area (Å²) in [5, 5.41) is 12.8. The van der Waals surface area contributed by atoms with Crippen molar-refractivity contribution in [3.63, 3.8) is 0 Å². The van der Waals surface area contributed by atoms with Crippen molar-refractivity contribution >= 4 is 23.1 Å². The fourth-order valence-corrected chi connectivity index (χ4v) is 5.55. The molecule has 0 radical (unpaired) electrons. The molecule has 1 heterocycles. The van der Waals surface area contributed by atoms with Gasteiger partial charge in [0, 0.05) is 26.1 Å². The minimum absolute atomic E-state index is 0.0414. The molecule has 0 aliphatic heterocycles. The van der Waals surface area contributed by atoms with E-state index in [1.165, 1.54) is 11.1 Å². The van der Waals surface area contributed by atoms with Crippen molar-refractivity contribution in [2.24, 2.45) is 13.0 Å². The first-order valence-electron chi connectivity index (χ1n) is 13.9. The predicted octanol–water partition coefficient (Wildman–Crippen LogP) is 5.41. The Morgan fingerprint density at radius 3 is 2.27 bits per heavy atom. The van der Waals surface area contributed by atoms with Crippen LogP contribution in [-0.4, -0.2) is 57.4 Å². The standard InChI is InChI=1S/C32H36N4O4/c1-4-21(2)30(31(37)38)33-17-18-36(19-29-34-27-15-9-10-16-28(27)35(29)3)32(39)40-20-26-24-13-7-5-11-22(24)23-12-6-8-14-25(23)26/h5-16,21,26,30,33H,4,17-20H2,1-3H3,(H,37,38)/t21-,30-/m0/s1. The van der Waals surface area contributed by atoms with Crippen LogP contribution in [0.4, 0.5) is 4.79 Å². The van der Waals surface area contributed by atoms with Gasteiger partial charge in [-0.05, 0) is 40.3 Å². The second-order valence-electron chi connectivity index (χ2n) is 10.5. The zero-order valence-electron chi connectivity index (χ0n) is 23.2. The van der Waals surface area contributed by atoms with Gasteiger partial charge in [0.25, 0.3) is 0 Å². The lowest BCUT2D eigenvalue weighted by atomic mass is 9.98. The average molecular weight is 541 g/mol. The number of imidazole rings is 1. The molecule has 0 saturated carbocycles. The van der Waals surface area contributed by atoms with Gasteiger partial charge in [-0.25, -0.2) is 9.78 Å². The highest BCUT2D eigenvalue weighted by molar-refractivity contribution is 5.79. The minimum Gasteiger partial charge on any atom is -0.480 e. The van der Waals surface area contributed by atoms with Crippen LogP contribution in [0.1, 0.15) is 43.1 Å². The van der Waals surface area contributed by atoms with Crippen LogP contribution >= 0.6 is 0 Å². The van der Waals surface area contributed by atoms with Crippen LogP contribution in [0.3, 0.4) is 0 Å². The lowest BCUT2D eigenvalue weighted by molar-refractivity contribution is -0.140. The monoisotopic (exact) mass is 540 g/mol. The van der Waals surface area contributed by atoms with Gasteiger partial charge in [0.05, 0.1) is 17.6 Å². The molecule has 2 N–H and O–H groups in total. The molecule has 1 amide bonds. The van der Waals surface area contributed by atoms with Gasteiger partial charge < -0.3 is 19.7 Å². The van der Waals surface area contributed by atoms with Crippen molar-refractivity contribution < 1.29 is 19.4 Å². The Labute approximate surface area is 234 Å². The number of aryl methyl sites for hydroxylation is 1. The first kappa shape index (κ1) is 27.4. The summed E-state index contributed by atoms with van der Waals surface area (Å²) < 4.78 is 7.95. The van der Waals surface area contributed by atoms with E-state index in [2.05, 4.69) is 29.6 Å². The molecule has 0 fully saturated rings. The second-order valence-corrected chi connectivity index (χ2v) is 10.5. The van der Waals surface area contributed by atoms with Crippen molar-refractivity contribution in [1.29, 1.82) is 0 Å². The SMILES string of the molecule is CC[C@H](C)[C@H](NCCN(Cc1nc2ccccc2n1C)C(=O)OCC1c2ccccc2-c2ccccc21)C(=O)O. The molecule has 8 heteroatoms. The van der Waals surface area contributed by atoms with E-state index in [0.29, 0.717) is 6.54 Å². The van der Waals surface area contributed by atoms with E-state index in [1.54, 1.807) is 4.90 Å². The number of carbonyl (C=O) groups is 2. The van der Waals surface area contributed by atoms with E-state index in [1.807, 2.05) is 74.0 Å². The molecule has 5 rings (SSSR count). The Morgan fingerprint density at radius 1 is 1.02 bits per heavy atom. The van der Waals surface area contributed by atoms with Gasteiger partial charge in [-0.2, -0.15) is 0 Å². The van der Waals surface area contributed by atoms with Gasteiger partial charge in [0.2, 0.25) is 0 Å². The normalized spacial score (nSPS) is 14.0. The Balaban J connectivity index is 1.34. The highest BCUT2D eigenvalue weighted by atomic mass is 16.6. The number of aliphatic carboxylic acids is 1. The number of benzene rings is 3. The zero-order chi connectivity index (χ0) is 28.2. The molecule has 1 aliphatic carbocycles. The van der Waals surface area contributed by atoms with E-state index >= 15 is 0 Å². The number of nitrogens with one attached hydrogen (secondary N) is 1. The molecule has 1 aromatic heterocycles. The lowest BCUT2D eigenvalue weighted by Crippen LogP contribution is -2.46. The maximum atomic E-state index is 13.6. The van der Waals surface area contributed by atoms with E-state index in [-0.39, 0.29) is 31.5 Å². The number of carbonyl (C=O) groups excluding carboxylic acids is 1. The molecular formula is C32H36N4O4. The number of carboxylic acid groups (broad SMARTS) is 1. The van der Waals surface area contributed by atoms with Gasteiger partial charge in [-0.1, -0.05) is 80.9 Å². The Bertz CT molecular complexity index is 1470. The number of rotatable bonds is 11. The molecular weight excluding hydrogens is 504 g/mol. The number of amides is 1. The summed E-state index contributed by atoms with van der Waals surface area (Å²) in [6.07, 6.45) is 0.283. The van der Waals surface area contributed by atoms with Crippen LogP contribution in [0.5, 0.6) is 0 Å². The number of ether oxygens (including phenoxy) is 1. The highest BCUT2D eigenvalue weighted by Gasteiger charge is 2.30. The Hall–Kier alpha value is -4.17. The summed E-state index contributed by atoms with van der Waals surface area (Å²) in [5.41, 5.74) is 6.48. The lowest BCUT2D eigenvalue weighted by Gasteiger charge is -2.25. The summed E-state index contributed by atoms with van der Waals surface area (Å²) in [7, 11) is 1.93. The summed E-state index contributed by atoms with van der Waals surface area (Å²) in [5.74, 6) is -0.252. The molecule has 2 atom stereocenters. The van der Waals surface area contributed by atoms with Crippen molar-refractivity contribution in [2.45, 2.75) is 38.8 Å². The quantitative estimate of drug-likeness (QED) is 0.264. The van der Waals surface area contributed by atoms with Crippen molar-refractivity contribution in [1.82, 2.24) is 19.8 Å². The van der Waals surface area contributed by atoms with Crippen LogP contribution in [0, 0.1) is 5.92 Å². The third-order valence-electron chi connectivity index (χ3n) is 8.03. The van der Waals surface area contributed by atoms with Crippen LogP contribution in [0.15, 0.2) is 72.8 Å². The van der Waals surface area contributed by atoms with E-state index in [0.717, 1.165) is 34.4 Å². The Morgan fingerprint density at radius 2 is 1.65 bits per heavy atom. The first-order chi connectivity index (χ1) is 19.4. The molecule has 0 unspecified atom stereocenters. The molecule has 1 aliphatic rings. The van der Waals surface area contributed by atoms with Crippen LogP contribution in [-0.2, 0) is 23.1 Å². The fourth-order valence-electron chi connectivity index (χ4n) is 5.55. The largest absolute Gasteiger partial charge is 0.480 e. The number of nitrogens with zero attached hydrogens (tertiary/aromatic N) is 3. The third-order valence-corrected chi connectivity index (χ3v) is 8.03. The average Bonchev–Trinajstić information content (AvgIpc) is 3.46. The number of hydrogen-bond donors (Lipinski definition) is 2. The molecule has 3 aromatic carbocycles. The maximum Gasteiger partial charge on any atom is 0.410 e. The Kier molecular flexibility index (Phi) is 8.16. The van der Waals surface area contributed by atoms with Gasteiger partial charge >= 0.3 is 12.1 Å². The van der Waals surface area contributed by atoms with Crippen molar-refractivity contribution in [2.75, 3.05) is 19.7 Å². The molecule has 0 saturated heterocycles. The number of hydrogen-bond acceptors (Lipinski definition) is 5. The summed E-state index contributed by atoms with van der Waals surface area (Å²) >= 11 is 0. The van der Waals surface area contributed by atoms with E-state index < -0.39 is 18.1 Å². The second kappa shape index (κ2) is 11.9. The van der Waals surface area contributed by atoms with E-state index in [9.17, 15) is 14.7 Å². The van der Waals surface area contributed by atoms with Crippen LogP contribution in [0.25, 0.3) is 22.2 Å². The fraction of sp³-hybridized carbons (Fsp3) is 0.344. The van der Waals surface area contributed by atoms with Crippen LogP contribution in [0.2, 0.25) is 0 Å². The number of para-hydroxylation sites is 2. The topological polar surface area (TPSA) is 96.7 Å². The summed E-state index contributed by atoms with van der Waals surface area (Å²) in [6, 6.07) is 23.6. The number of aromatic nitrogens is 2. The third kappa shape index (κ3) is 5.45. The van der Waals surface area contributed by atoms with E-state index in [4.69, 9.17) is 9.72 Å². The molecule has 40 heavy (non-hydrogen) atoms. The van der Waals surface area contributed by atoms with Crippen molar-refractivity contribution in [3.8, 4) is 11.1 Å². The van der Waals surface area contributed by atoms with Gasteiger partial charge in [-0.3, -0.25) is 9.69 Å². The minimum atomic E-state index is -0.891.